The largest absolute Gasteiger partial charge is 0.357 e. The summed E-state index contributed by atoms with van der Waals surface area (Å²) < 4.78 is 0. The van der Waals surface area contributed by atoms with E-state index in [-0.39, 0.29) is 5.91 Å². The first-order valence-corrected chi connectivity index (χ1v) is 10.1. The summed E-state index contributed by atoms with van der Waals surface area (Å²) in [5.74, 6) is 1.11. The number of amides is 1. The van der Waals surface area contributed by atoms with Crippen molar-refractivity contribution >= 4 is 17.6 Å². The molecule has 1 aromatic carbocycles. The smallest absolute Gasteiger partial charge is 0.224 e. The van der Waals surface area contributed by atoms with E-state index in [1.54, 1.807) is 0 Å². The molecule has 1 amide bonds. The van der Waals surface area contributed by atoms with E-state index in [9.17, 15) is 4.79 Å². The van der Waals surface area contributed by atoms with Gasteiger partial charge >= 0.3 is 0 Å². The third-order valence-electron chi connectivity index (χ3n) is 5.61. The van der Waals surface area contributed by atoms with Crippen LogP contribution >= 0.6 is 0 Å². The fourth-order valence-electron chi connectivity index (χ4n) is 3.94. The second-order valence-corrected chi connectivity index (χ2v) is 7.69. The van der Waals surface area contributed by atoms with E-state index < -0.39 is 0 Å². The van der Waals surface area contributed by atoms with E-state index in [0.717, 1.165) is 43.3 Å². The minimum Gasteiger partial charge on any atom is -0.357 e. The highest BCUT2D eigenvalue weighted by Crippen LogP contribution is 2.47. The van der Waals surface area contributed by atoms with Crippen molar-refractivity contribution in [1.29, 1.82) is 0 Å². The van der Waals surface area contributed by atoms with E-state index in [4.69, 9.17) is 4.99 Å². The number of benzene rings is 1. The van der Waals surface area contributed by atoms with Crippen molar-refractivity contribution in [2.45, 2.75) is 58.9 Å². The summed E-state index contributed by atoms with van der Waals surface area (Å²) in [6.07, 6.45) is 6.90. The average Bonchev–Trinajstić information content (AvgIpc) is 3.06. The quantitative estimate of drug-likeness (QED) is 0.603. The Bertz CT molecular complexity index is 634. The van der Waals surface area contributed by atoms with Gasteiger partial charge in [-0.2, -0.15) is 0 Å². The number of likely N-dealkylation sites (tertiary alicyclic amines) is 1. The van der Waals surface area contributed by atoms with Gasteiger partial charge in [0.2, 0.25) is 5.91 Å². The lowest BCUT2D eigenvalue weighted by atomic mass is 9.68. The Labute approximate surface area is 157 Å². The van der Waals surface area contributed by atoms with Crippen molar-refractivity contribution in [3.8, 4) is 0 Å². The second kappa shape index (κ2) is 8.56. The summed E-state index contributed by atoms with van der Waals surface area (Å²) in [5.41, 5.74) is 2.59. The molecule has 3 rings (SSSR count). The Kier molecular flexibility index (Phi) is 6.17. The van der Waals surface area contributed by atoms with Crippen molar-refractivity contribution in [3.05, 3.63) is 29.8 Å². The van der Waals surface area contributed by atoms with Crippen LogP contribution in [0.4, 0.5) is 5.69 Å². The van der Waals surface area contributed by atoms with Gasteiger partial charge in [-0.05, 0) is 55.7 Å². The van der Waals surface area contributed by atoms with Crippen LogP contribution in [0.2, 0.25) is 0 Å². The van der Waals surface area contributed by atoms with Gasteiger partial charge in [0.25, 0.3) is 0 Å². The molecular weight excluding hydrogens is 324 g/mol. The topological polar surface area (TPSA) is 56.7 Å². The van der Waals surface area contributed by atoms with Crippen LogP contribution in [0, 0.1) is 5.41 Å². The van der Waals surface area contributed by atoms with Crippen molar-refractivity contribution in [3.63, 3.8) is 0 Å². The van der Waals surface area contributed by atoms with Crippen LogP contribution in [-0.2, 0) is 11.3 Å². The molecule has 1 aliphatic heterocycles. The maximum atomic E-state index is 11.7. The summed E-state index contributed by atoms with van der Waals surface area (Å²) in [5, 5.41) is 6.38. The third-order valence-corrected chi connectivity index (χ3v) is 5.61. The van der Waals surface area contributed by atoms with Gasteiger partial charge in [0, 0.05) is 31.7 Å². The predicted molar refractivity (Wildman–Crippen MR) is 107 cm³/mol. The van der Waals surface area contributed by atoms with E-state index >= 15 is 0 Å². The normalized spacial score (nSPS) is 18.7. The SMILES string of the molecule is CCCC(=O)Nc1ccc(CN=C(NCC)N2CCC3(CCC3)C2)cc1. The van der Waals surface area contributed by atoms with Gasteiger partial charge < -0.3 is 15.5 Å². The lowest BCUT2D eigenvalue weighted by Gasteiger charge is -2.38. The van der Waals surface area contributed by atoms with Crippen LogP contribution in [0.25, 0.3) is 0 Å². The average molecular weight is 357 g/mol. The molecule has 1 aliphatic carbocycles. The zero-order chi connectivity index (χ0) is 18.4. The number of hydrogen-bond donors (Lipinski definition) is 2. The molecule has 1 heterocycles. The molecule has 1 saturated carbocycles. The summed E-state index contributed by atoms with van der Waals surface area (Å²) in [7, 11) is 0. The van der Waals surface area contributed by atoms with Gasteiger partial charge in [-0.3, -0.25) is 4.79 Å². The van der Waals surface area contributed by atoms with Crippen LogP contribution in [0.5, 0.6) is 0 Å². The highest BCUT2D eigenvalue weighted by molar-refractivity contribution is 5.90. The van der Waals surface area contributed by atoms with Crippen LogP contribution in [0.1, 0.15) is 57.9 Å². The number of nitrogens with one attached hydrogen (secondary N) is 2. The van der Waals surface area contributed by atoms with Crippen LogP contribution in [-0.4, -0.2) is 36.4 Å². The minimum absolute atomic E-state index is 0.0756. The molecule has 2 aliphatic rings. The van der Waals surface area contributed by atoms with Crippen molar-refractivity contribution in [2.24, 2.45) is 10.4 Å². The maximum absolute atomic E-state index is 11.7. The van der Waals surface area contributed by atoms with E-state index in [1.807, 2.05) is 31.2 Å². The molecule has 142 valence electrons. The van der Waals surface area contributed by atoms with Gasteiger partial charge in [-0.25, -0.2) is 4.99 Å². The molecule has 0 bridgehead atoms. The number of carbonyl (C=O) groups is 1. The molecule has 2 N–H and O–H groups in total. The highest BCUT2D eigenvalue weighted by atomic mass is 16.1. The molecule has 5 heteroatoms. The number of nitrogens with zero attached hydrogens (tertiary/aromatic N) is 2. The summed E-state index contributed by atoms with van der Waals surface area (Å²) in [6, 6.07) is 8.02. The fraction of sp³-hybridized carbons (Fsp3) is 0.619. The van der Waals surface area contributed by atoms with Gasteiger partial charge in [0.05, 0.1) is 6.54 Å². The first kappa shape index (κ1) is 18.7. The van der Waals surface area contributed by atoms with Gasteiger partial charge in [-0.1, -0.05) is 25.5 Å². The minimum atomic E-state index is 0.0756. The monoisotopic (exact) mass is 356 g/mol. The van der Waals surface area contributed by atoms with Crippen molar-refractivity contribution < 1.29 is 4.79 Å². The van der Waals surface area contributed by atoms with Crippen molar-refractivity contribution in [1.82, 2.24) is 10.2 Å². The second-order valence-electron chi connectivity index (χ2n) is 7.69. The Morgan fingerprint density at radius 3 is 2.54 bits per heavy atom. The molecule has 0 aromatic heterocycles. The summed E-state index contributed by atoms with van der Waals surface area (Å²) in [4.78, 5) is 19.0. The number of carbonyl (C=O) groups excluding carboxylic acids is 1. The number of aliphatic imine (C=N–C) groups is 1. The fourth-order valence-corrected chi connectivity index (χ4v) is 3.94. The molecule has 0 unspecified atom stereocenters. The molecular formula is C21H32N4O. The van der Waals surface area contributed by atoms with E-state index in [1.165, 1.54) is 25.7 Å². The zero-order valence-electron chi connectivity index (χ0n) is 16.2. The van der Waals surface area contributed by atoms with Crippen LogP contribution in [0.3, 0.4) is 0 Å². The van der Waals surface area contributed by atoms with Crippen LogP contribution < -0.4 is 10.6 Å². The Hall–Kier alpha value is -2.04. The zero-order valence-corrected chi connectivity index (χ0v) is 16.2. The summed E-state index contributed by atoms with van der Waals surface area (Å²) >= 11 is 0. The lowest BCUT2D eigenvalue weighted by molar-refractivity contribution is -0.116. The molecule has 26 heavy (non-hydrogen) atoms. The molecule has 2 fully saturated rings. The van der Waals surface area contributed by atoms with Crippen LogP contribution in [0.15, 0.2) is 29.3 Å². The van der Waals surface area contributed by atoms with Gasteiger partial charge in [0.1, 0.15) is 0 Å². The van der Waals surface area contributed by atoms with Crippen molar-refractivity contribution in [2.75, 3.05) is 25.0 Å². The molecule has 1 aromatic rings. The Morgan fingerprint density at radius 2 is 1.96 bits per heavy atom. The molecule has 5 nitrogen and oxygen atoms in total. The number of anilines is 1. The Morgan fingerprint density at radius 1 is 1.19 bits per heavy atom. The standard InChI is InChI=1S/C21H32N4O/c1-3-6-19(26)24-18-9-7-17(8-10-18)15-23-20(22-4-2)25-14-13-21(16-25)11-5-12-21/h7-10H,3-6,11-16H2,1-2H3,(H,22,23)(H,24,26). The number of hydrogen-bond acceptors (Lipinski definition) is 2. The molecule has 0 radical (unpaired) electrons. The molecule has 1 saturated heterocycles. The molecule has 1 spiro atoms. The number of rotatable bonds is 6. The first-order chi connectivity index (χ1) is 12.6. The number of guanidine groups is 1. The van der Waals surface area contributed by atoms with E-state index in [2.05, 4.69) is 22.5 Å². The highest BCUT2D eigenvalue weighted by Gasteiger charge is 2.43. The Balaban J connectivity index is 1.58. The summed E-state index contributed by atoms with van der Waals surface area (Å²) in [6.45, 7) is 7.96. The third kappa shape index (κ3) is 4.57. The maximum Gasteiger partial charge on any atom is 0.224 e. The first-order valence-electron chi connectivity index (χ1n) is 10.1. The predicted octanol–water partition coefficient (Wildman–Crippen LogP) is 3.77. The molecule has 0 atom stereocenters. The van der Waals surface area contributed by atoms with Gasteiger partial charge in [-0.15, -0.1) is 0 Å². The lowest BCUT2D eigenvalue weighted by Crippen LogP contribution is -2.42. The van der Waals surface area contributed by atoms with E-state index in [0.29, 0.717) is 18.4 Å². The van der Waals surface area contributed by atoms with Gasteiger partial charge in [0.15, 0.2) is 5.96 Å².